The van der Waals surface area contributed by atoms with Gasteiger partial charge in [-0.2, -0.15) is 0 Å². The van der Waals surface area contributed by atoms with Crippen LogP contribution in [0.4, 0.5) is 5.82 Å². The molecule has 1 fully saturated rings. The molecule has 2 atom stereocenters. The smallest absolute Gasteiger partial charge is 0.167 e. The molecule has 1 saturated heterocycles. The lowest BCUT2D eigenvalue weighted by atomic mass is 10.0. The number of anilines is 1. The Bertz CT molecular complexity index is 1000. The standard InChI is InChI=1S/C21H25N5O2/c1-14-4-5-15-3-2-8-25(10-16(15)9-14)20-19-21(23-12-22-20)26(13-24-19)18-7-6-17(11-27)28-18/h4-5,9,12-13,17-18,27H,2-3,6-8,10-11H2,1H3. The minimum atomic E-state index is -0.127. The number of hydrogen-bond acceptors (Lipinski definition) is 6. The van der Waals surface area contributed by atoms with Crippen LogP contribution in [0.1, 0.15) is 42.2 Å². The van der Waals surface area contributed by atoms with Crippen LogP contribution in [0.3, 0.4) is 0 Å². The summed E-state index contributed by atoms with van der Waals surface area (Å²) in [6, 6.07) is 6.74. The third-order valence-corrected chi connectivity index (χ3v) is 5.84. The predicted molar refractivity (Wildman–Crippen MR) is 106 cm³/mol. The summed E-state index contributed by atoms with van der Waals surface area (Å²) in [7, 11) is 0. The van der Waals surface area contributed by atoms with Gasteiger partial charge >= 0.3 is 0 Å². The first-order chi connectivity index (χ1) is 13.7. The molecule has 7 heteroatoms. The molecule has 2 aliphatic rings. The van der Waals surface area contributed by atoms with E-state index in [0.29, 0.717) is 0 Å². The van der Waals surface area contributed by atoms with Crippen molar-refractivity contribution in [3.63, 3.8) is 0 Å². The molecule has 1 N–H and O–H groups in total. The van der Waals surface area contributed by atoms with Crippen molar-refractivity contribution in [1.82, 2.24) is 19.5 Å². The summed E-state index contributed by atoms with van der Waals surface area (Å²) in [6.07, 6.45) is 7.07. The van der Waals surface area contributed by atoms with E-state index in [4.69, 9.17) is 4.74 Å². The third kappa shape index (κ3) is 3.04. The zero-order valence-corrected chi connectivity index (χ0v) is 16.1. The van der Waals surface area contributed by atoms with Crippen molar-refractivity contribution < 1.29 is 9.84 Å². The molecule has 2 aromatic heterocycles. The lowest BCUT2D eigenvalue weighted by Crippen LogP contribution is -2.24. The van der Waals surface area contributed by atoms with E-state index in [0.717, 1.165) is 55.8 Å². The molecule has 0 bridgehead atoms. The van der Waals surface area contributed by atoms with Gasteiger partial charge in [0.2, 0.25) is 0 Å². The number of fused-ring (bicyclic) bond motifs is 2. The van der Waals surface area contributed by atoms with Crippen LogP contribution < -0.4 is 4.90 Å². The average Bonchev–Trinajstić information content (AvgIpc) is 3.29. The molecule has 0 amide bonds. The number of hydrogen-bond donors (Lipinski definition) is 1. The van der Waals surface area contributed by atoms with Crippen molar-refractivity contribution in [2.45, 2.75) is 51.5 Å². The predicted octanol–water partition coefficient (Wildman–Crippen LogP) is 2.76. The van der Waals surface area contributed by atoms with Gasteiger partial charge in [-0.1, -0.05) is 23.8 Å². The molecule has 7 nitrogen and oxygen atoms in total. The van der Waals surface area contributed by atoms with Gasteiger partial charge < -0.3 is 14.7 Å². The van der Waals surface area contributed by atoms with Crippen LogP contribution in [0.2, 0.25) is 0 Å². The summed E-state index contributed by atoms with van der Waals surface area (Å²) in [5.41, 5.74) is 5.69. The second kappa shape index (κ2) is 7.14. The van der Waals surface area contributed by atoms with Gasteiger partial charge in [-0.15, -0.1) is 0 Å². The second-order valence-corrected chi connectivity index (χ2v) is 7.79. The van der Waals surface area contributed by atoms with Crippen molar-refractivity contribution in [3.8, 4) is 0 Å². The number of rotatable bonds is 3. The molecule has 0 spiro atoms. The Morgan fingerprint density at radius 3 is 2.96 bits per heavy atom. The van der Waals surface area contributed by atoms with Gasteiger partial charge in [0.15, 0.2) is 17.0 Å². The van der Waals surface area contributed by atoms with E-state index in [1.807, 2.05) is 4.57 Å². The maximum absolute atomic E-state index is 9.35. The Morgan fingerprint density at radius 1 is 1.18 bits per heavy atom. The molecule has 2 unspecified atom stereocenters. The highest BCUT2D eigenvalue weighted by Crippen LogP contribution is 2.33. The SMILES string of the molecule is Cc1ccc2c(c1)CN(c1ncnc3c1ncn3C1CCC(CO)O1)CCC2. The number of aliphatic hydroxyl groups excluding tert-OH is 1. The van der Waals surface area contributed by atoms with E-state index >= 15 is 0 Å². The minimum Gasteiger partial charge on any atom is -0.394 e. The quantitative estimate of drug-likeness (QED) is 0.754. The number of ether oxygens (including phenoxy) is 1. The van der Waals surface area contributed by atoms with Gasteiger partial charge in [-0.25, -0.2) is 15.0 Å². The molecule has 3 aromatic rings. The van der Waals surface area contributed by atoms with Gasteiger partial charge in [0, 0.05) is 13.1 Å². The summed E-state index contributed by atoms with van der Waals surface area (Å²) in [5, 5.41) is 9.35. The van der Waals surface area contributed by atoms with Crippen LogP contribution in [-0.4, -0.2) is 43.9 Å². The van der Waals surface area contributed by atoms with Gasteiger partial charge in [-0.3, -0.25) is 4.57 Å². The summed E-state index contributed by atoms with van der Waals surface area (Å²) >= 11 is 0. The van der Waals surface area contributed by atoms with Crippen molar-refractivity contribution in [3.05, 3.63) is 47.5 Å². The first kappa shape index (κ1) is 17.6. The molecule has 28 heavy (non-hydrogen) atoms. The number of aliphatic hydroxyl groups is 1. The molecular formula is C21H25N5O2. The van der Waals surface area contributed by atoms with Crippen molar-refractivity contribution >= 4 is 17.0 Å². The Balaban J connectivity index is 1.50. The van der Waals surface area contributed by atoms with Gasteiger partial charge in [0.25, 0.3) is 0 Å². The van der Waals surface area contributed by atoms with E-state index in [9.17, 15) is 5.11 Å². The van der Waals surface area contributed by atoms with Gasteiger partial charge in [0.1, 0.15) is 12.6 Å². The molecule has 5 rings (SSSR count). The Morgan fingerprint density at radius 2 is 2.11 bits per heavy atom. The third-order valence-electron chi connectivity index (χ3n) is 5.84. The van der Waals surface area contributed by atoms with Crippen LogP contribution in [0, 0.1) is 6.92 Å². The molecular weight excluding hydrogens is 354 g/mol. The van der Waals surface area contributed by atoms with E-state index in [-0.39, 0.29) is 18.9 Å². The average molecular weight is 379 g/mol. The number of benzene rings is 1. The maximum atomic E-state index is 9.35. The molecule has 0 saturated carbocycles. The summed E-state index contributed by atoms with van der Waals surface area (Å²) in [6.45, 7) is 3.97. The highest BCUT2D eigenvalue weighted by atomic mass is 16.5. The molecule has 2 aliphatic heterocycles. The fourth-order valence-electron chi connectivity index (χ4n) is 4.38. The topological polar surface area (TPSA) is 76.3 Å². The van der Waals surface area contributed by atoms with Crippen molar-refractivity contribution in [1.29, 1.82) is 0 Å². The normalized spacial score (nSPS) is 22.4. The lowest BCUT2D eigenvalue weighted by molar-refractivity contribution is -0.0207. The Kier molecular flexibility index (Phi) is 4.49. The van der Waals surface area contributed by atoms with E-state index in [1.165, 1.54) is 16.7 Å². The zero-order chi connectivity index (χ0) is 19.1. The fraction of sp³-hybridized carbons (Fsp3) is 0.476. The lowest BCUT2D eigenvalue weighted by Gasteiger charge is -2.22. The minimum absolute atomic E-state index is 0.0516. The summed E-state index contributed by atoms with van der Waals surface area (Å²) < 4.78 is 7.91. The van der Waals surface area contributed by atoms with E-state index < -0.39 is 0 Å². The zero-order valence-electron chi connectivity index (χ0n) is 16.1. The number of nitrogens with zero attached hydrogens (tertiary/aromatic N) is 5. The van der Waals surface area contributed by atoms with E-state index in [1.54, 1.807) is 12.7 Å². The van der Waals surface area contributed by atoms with Crippen LogP contribution in [-0.2, 0) is 17.7 Å². The summed E-state index contributed by atoms with van der Waals surface area (Å²) in [5.74, 6) is 0.884. The van der Waals surface area contributed by atoms with Crippen molar-refractivity contribution in [2.75, 3.05) is 18.1 Å². The first-order valence-electron chi connectivity index (χ1n) is 10.00. The van der Waals surface area contributed by atoms with Crippen LogP contribution in [0.5, 0.6) is 0 Å². The number of imidazole rings is 1. The highest BCUT2D eigenvalue weighted by molar-refractivity contribution is 5.83. The van der Waals surface area contributed by atoms with Crippen molar-refractivity contribution in [2.24, 2.45) is 0 Å². The van der Waals surface area contributed by atoms with Crippen LogP contribution in [0.25, 0.3) is 11.2 Å². The molecule has 1 aromatic carbocycles. The van der Waals surface area contributed by atoms with Gasteiger partial charge in [-0.05, 0) is 43.7 Å². The molecule has 146 valence electrons. The molecule has 0 aliphatic carbocycles. The largest absolute Gasteiger partial charge is 0.394 e. The monoisotopic (exact) mass is 379 g/mol. The maximum Gasteiger partial charge on any atom is 0.167 e. The molecule has 4 heterocycles. The summed E-state index contributed by atoms with van der Waals surface area (Å²) in [4.78, 5) is 16.1. The molecule has 0 radical (unpaired) electrons. The number of aromatic nitrogens is 4. The fourth-order valence-corrected chi connectivity index (χ4v) is 4.38. The Hall–Kier alpha value is -2.51. The Labute approximate surface area is 164 Å². The number of aryl methyl sites for hydroxylation is 2. The van der Waals surface area contributed by atoms with Crippen LogP contribution >= 0.6 is 0 Å². The first-order valence-corrected chi connectivity index (χ1v) is 10.00. The highest BCUT2D eigenvalue weighted by Gasteiger charge is 2.28. The van der Waals surface area contributed by atoms with Gasteiger partial charge in [0.05, 0.1) is 19.0 Å². The van der Waals surface area contributed by atoms with Crippen LogP contribution in [0.15, 0.2) is 30.9 Å². The van der Waals surface area contributed by atoms with E-state index in [2.05, 4.69) is 45.0 Å². The second-order valence-electron chi connectivity index (χ2n) is 7.79.